The highest BCUT2D eigenvalue weighted by molar-refractivity contribution is 6.19. The Bertz CT molecular complexity index is 3530. The summed E-state index contributed by atoms with van der Waals surface area (Å²) in [5, 5.41) is 10.7. The van der Waals surface area contributed by atoms with Gasteiger partial charge in [-0.2, -0.15) is 0 Å². The molecular formula is C54H41N3O. The summed E-state index contributed by atoms with van der Waals surface area (Å²) in [4.78, 5) is 10.5. The molecule has 12 rings (SSSR count). The van der Waals surface area contributed by atoms with E-state index in [1.54, 1.807) is 0 Å². The molecule has 0 saturated heterocycles. The minimum atomic E-state index is 0.0901. The summed E-state index contributed by atoms with van der Waals surface area (Å²) in [5.74, 6) is 0.706. The molecule has 0 amide bonds. The van der Waals surface area contributed by atoms with Crippen molar-refractivity contribution in [2.24, 2.45) is 0 Å². The van der Waals surface area contributed by atoms with Crippen molar-refractivity contribution in [1.29, 1.82) is 0 Å². The first-order valence-electron chi connectivity index (χ1n) is 20.4. The molecule has 11 aromatic rings. The average Bonchev–Trinajstić information content (AvgIpc) is 3.79. The molecule has 0 unspecified atom stereocenters. The molecule has 0 atom stereocenters. The van der Waals surface area contributed by atoms with Gasteiger partial charge >= 0.3 is 0 Å². The maximum atomic E-state index is 6.18. The molecule has 278 valence electrons. The Balaban J connectivity index is 1.08. The van der Waals surface area contributed by atoms with Crippen LogP contribution in [0.2, 0.25) is 0 Å². The van der Waals surface area contributed by atoms with Crippen molar-refractivity contribution in [2.45, 2.75) is 51.4 Å². The van der Waals surface area contributed by atoms with Gasteiger partial charge in [-0.3, -0.25) is 0 Å². The van der Waals surface area contributed by atoms with Crippen molar-refractivity contribution >= 4 is 76.2 Å². The lowest BCUT2D eigenvalue weighted by molar-refractivity contribution is 0.332. The van der Waals surface area contributed by atoms with Gasteiger partial charge in [-0.25, -0.2) is 9.97 Å². The standard InChI is InChI=1S/C54H41N3O/c1-53(2)26-27-54(3,4)44-31-47-41(30-43(44)53)39-24-20-32-12-5-6-14-37(32)51(39)57(47)46-18-11-13-33-28-35(21-23-36(33)46)52-55-45-17-9-7-16-40(45)50(56-52)34-22-25-49-42(29-34)38-15-8-10-19-48(38)58-49/h5-25,28-31H,26-27H2,1-4H3. The van der Waals surface area contributed by atoms with Gasteiger partial charge in [-0.05, 0) is 100 Å². The van der Waals surface area contributed by atoms with Crippen LogP contribution >= 0.6 is 0 Å². The van der Waals surface area contributed by atoms with E-state index >= 15 is 0 Å². The number of aromatic nitrogens is 3. The zero-order valence-electron chi connectivity index (χ0n) is 33.1. The zero-order chi connectivity index (χ0) is 38.9. The summed E-state index contributed by atoms with van der Waals surface area (Å²) >= 11 is 0. The number of benzene rings is 8. The summed E-state index contributed by atoms with van der Waals surface area (Å²) in [6.07, 6.45) is 2.36. The van der Waals surface area contributed by atoms with E-state index in [0.717, 1.165) is 55.0 Å². The fraction of sp³-hybridized carbons (Fsp3) is 0.148. The van der Waals surface area contributed by atoms with E-state index in [9.17, 15) is 0 Å². The van der Waals surface area contributed by atoms with Crippen molar-refractivity contribution < 1.29 is 4.42 Å². The zero-order valence-corrected chi connectivity index (χ0v) is 33.1. The normalized spacial score (nSPS) is 15.0. The van der Waals surface area contributed by atoms with Gasteiger partial charge in [-0.15, -0.1) is 0 Å². The van der Waals surface area contributed by atoms with E-state index < -0.39 is 0 Å². The first-order chi connectivity index (χ1) is 28.2. The Morgan fingerprint density at radius 2 is 1.17 bits per heavy atom. The number of rotatable bonds is 3. The molecule has 3 aromatic heterocycles. The summed E-state index contributed by atoms with van der Waals surface area (Å²) in [7, 11) is 0. The van der Waals surface area contributed by atoms with Crippen molar-refractivity contribution in [2.75, 3.05) is 0 Å². The van der Waals surface area contributed by atoms with Gasteiger partial charge in [0.1, 0.15) is 11.2 Å². The first-order valence-corrected chi connectivity index (χ1v) is 20.4. The fourth-order valence-electron chi connectivity index (χ4n) is 9.99. The average molecular weight is 748 g/mol. The SMILES string of the molecule is CC1(C)CCC(C)(C)c2cc3c(cc21)c1ccc2ccccc2c1n3-c1cccc2cc(-c3nc(-c4ccc5oc6ccccc6c5c4)c4ccccc4n3)ccc12. The van der Waals surface area contributed by atoms with Crippen LogP contribution in [0.4, 0.5) is 0 Å². The third-order valence-corrected chi connectivity index (χ3v) is 13.2. The highest BCUT2D eigenvalue weighted by atomic mass is 16.3. The van der Waals surface area contributed by atoms with Crippen molar-refractivity contribution in [3.05, 3.63) is 163 Å². The van der Waals surface area contributed by atoms with Crippen LogP contribution in [0.25, 0.3) is 105 Å². The lowest BCUT2D eigenvalue weighted by Crippen LogP contribution is -2.33. The molecule has 0 radical (unpaired) electrons. The maximum absolute atomic E-state index is 6.18. The Morgan fingerprint density at radius 3 is 2.03 bits per heavy atom. The largest absolute Gasteiger partial charge is 0.456 e. The molecule has 0 spiro atoms. The lowest BCUT2D eigenvalue weighted by atomic mass is 9.63. The van der Waals surface area contributed by atoms with Crippen LogP contribution < -0.4 is 0 Å². The number of nitrogens with zero attached hydrogens (tertiary/aromatic N) is 3. The molecular weight excluding hydrogens is 707 g/mol. The number of hydrogen-bond donors (Lipinski definition) is 0. The van der Waals surface area contributed by atoms with E-state index in [2.05, 4.69) is 172 Å². The third kappa shape index (κ3) is 4.81. The van der Waals surface area contributed by atoms with Crippen LogP contribution in [0.15, 0.2) is 156 Å². The Labute approximate surface area is 336 Å². The topological polar surface area (TPSA) is 43.9 Å². The predicted molar refractivity (Wildman–Crippen MR) is 242 cm³/mol. The van der Waals surface area contributed by atoms with Crippen LogP contribution in [0.3, 0.4) is 0 Å². The van der Waals surface area contributed by atoms with Gasteiger partial charge in [0.15, 0.2) is 5.82 Å². The van der Waals surface area contributed by atoms with Gasteiger partial charge in [0.25, 0.3) is 0 Å². The van der Waals surface area contributed by atoms with Crippen molar-refractivity contribution in [3.63, 3.8) is 0 Å². The van der Waals surface area contributed by atoms with Crippen LogP contribution in [-0.4, -0.2) is 14.5 Å². The van der Waals surface area contributed by atoms with E-state index in [4.69, 9.17) is 14.4 Å². The molecule has 0 N–H and O–H groups in total. The van der Waals surface area contributed by atoms with Gasteiger partial charge in [-0.1, -0.05) is 125 Å². The highest BCUT2D eigenvalue weighted by Crippen LogP contribution is 2.49. The molecule has 1 aliphatic carbocycles. The van der Waals surface area contributed by atoms with Gasteiger partial charge in [0.05, 0.1) is 27.9 Å². The molecule has 8 aromatic carbocycles. The number of hydrogen-bond acceptors (Lipinski definition) is 3. The van der Waals surface area contributed by atoms with Gasteiger partial charge in [0, 0.05) is 48.8 Å². The second-order valence-corrected chi connectivity index (χ2v) is 17.6. The van der Waals surface area contributed by atoms with Gasteiger partial charge in [0.2, 0.25) is 0 Å². The first kappa shape index (κ1) is 33.4. The molecule has 58 heavy (non-hydrogen) atoms. The Kier molecular flexibility index (Phi) is 6.83. The molecule has 0 aliphatic heterocycles. The second kappa shape index (κ2) is 11.9. The van der Waals surface area contributed by atoms with E-state index in [1.165, 1.54) is 67.6 Å². The summed E-state index contributed by atoms with van der Waals surface area (Å²) in [5.41, 5.74) is 12.5. The third-order valence-electron chi connectivity index (χ3n) is 13.2. The predicted octanol–water partition coefficient (Wildman–Crippen LogP) is 14.6. The summed E-state index contributed by atoms with van der Waals surface area (Å²) < 4.78 is 8.73. The highest BCUT2D eigenvalue weighted by Gasteiger charge is 2.38. The van der Waals surface area contributed by atoms with Crippen LogP contribution in [0.1, 0.15) is 51.7 Å². The van der Waals surface area contributed by atoms with Crippen molar-refractivity contribution in [1.82, 2.24) is 14.5 Å². The van der Waals surface area contributed by atoms with E-state index in [-0.39, 0.29) is 10.8 Å². The summed E-state index contributed by atoms with van der Waals surface area (Å²) in [6.45, 7) is 9.69. The number of para-hydroxylation sites is 2. The second-order valence-electron chi connectivity index (χ2n) is 17.6. The Hall–Kier alpha value is -6.78. The minimum absolute atomic E-state index is 0.0901. The number of fused-ring (bicyclic) bond motifs is 11. The minimum Gasteiger partial charge on any atom is -0.456 e. The lowest BCUT2D eigenvalue weighted by Gasteiger charge is -2.42. The molecule has 4 nitrogen and oxygen atoms in total. The maximum Gasteiger partial charge on any atom is 0.160 e. The van der Waals surface area contributed by atoms with Gasteiger partial charge < -0.3 is 8.98 Å². The van der Waals surface area contributed by atoms with E-state index in [0.29, 0.717) is 5.82 Å². The smallest absolute Gasteiger partial charge is 0.160 e. The Morgan fingerprint density at radius 1 is 0.483 bits per heavy atom. The molecule has 0 bridgehead atoms. The molecule has 0 fully saturated rings. The monoisotopic (exact) mass is 747 g/mol. The molecule has 3 heterocycles. The van der Waals surface area contributed by atoms with Crippen molar-refractivity contribution in [3.8, 4) is 28.3 Å². The fourth-order valence-corrected chi connectivity index (χ4v) is 9.99. The van der Waals surface area contributed by atoms with Crippen LogP contribution in [0, 0.1) is 0 Å². The van der Waals surface area contributed by atoms with E-state index in [1.807, 2.05) is 12.1 Å². The van der Waals surface area contributed by atoms with Crippen LogP contribution in [-0.2, 0) is 10.8 Å². The molecule has 4 heteroatoms. The number of furan rings is 1. The van der Waals surface area contributed by atoms with Crippen LogP contribution in [0.5, 0.6) is 0 Å². The summed E-state index contributed by atoms with van der Waals surface area (Å²) in [6, 6.07) is 54.9. The molecule has 0 saturated carbocycles. The molecule has 1 aliphatic rings. The quantitative estimate of drug-likeness (QED) is 0.181.